The number of rotatable bonds is 7. The highest BCUT2D eigenvalue weighted by Gasteiger charge is 2.18. The summed E-state index contributed by atoms with van der Waals surface area (Å²) in [5.41, 5.74) is 2.69. The van der Waals surface area contributed by atoms with Gasteiger partial charge in [-0.1, -0.05) is 48.0 Å². The molecule has 0 spiro atoms. The van der Waals surface area contributed by atoms with Crippen LogP contribution in [0.3, 0.4) is 0 Å². The summed E-state index contributed by atoms with van der Waals surface area (Å²) >= 11 is 0. The van der Waals surface area contributed by atoms with E-state index in [1.165, 1.54) is 25.3 Å². The maximum absolute atomic E-state index is 12.7. The zero-order valence-corrected chi connectivity index (χ0v) is 17.0. The number of sulfonamides is 1. The zero-order valence-electron chi connectivity index (χ0n) is 16.2. The second kappa shape index (κ2) is 8.89. The van der Waals surface area contributed by atoms with Crippen LogP contribution in [0.5, 0.6) is 5.75 Å². The Labute approximate surface area is 170 Å². The molecule has 0 fully saturated rings. The predicted molar refractivity (Wildman–Crippen MR) is 113 cm³/mol. The maximum Gasteiger partial charge on any atom is 0.255 e. The molecule has 6 nitrogen and oxygen atoms in total. The number of hydrogen-bond donors (Lipinski definition) is 2. The van der Waals surface area contributed by atoms with Gasteiger partial charge in [0.15, 0.2) is 0 Å². The number of ether oxygens (including phenoxy) is 1. The molecule has 0 aliphatic carbocycles. The Bertz CT molecular complexity index is 1100. The van der Waals surface area contributed by atoms with Gasteiger partial charge < -0.3 is 10.1 Å². The molecule has 0 atom stereocenters. The Balaban J connectivity index is 1.81. The average Bonchev–Trinajstić information content (AvgIpc) is 2.74. The SMILES string of the molecule is COc1ccc(S(=O)(=O)NCc2ccc(C)cc2)cc1NC(=O)c1ccccc1. The molecule has 0 bridgehead atoms. The molecule has 29 heavy (non-hydrogen) atoms. The van der Waals surface area contributed by atoms with Gasteiger partial charge in [0.25, 0.3) is 5.91 Å². The van der Waals surface area contributed by atoms with Crippen molar-refractivity contribution in [1.82, 2.24) is 4.72 Å². The van der Waals surface area contributed by atoms with Crippen LogP contribution in [-0.2, 0) is 16.6 Å². The molecule has 0 aliphatic rings. The lowest BCUT2D eigenvalue weighted by atomic mass is 10.2. The van der Waals surface area contributed by atoms with E-state index in [1.807, 2.05) is 37.3 Å². The van der Waals surface area contributed by atoms with Crippen LogP contribution in [0.25, 0.3) is 0 Å². The van der Waals surface area contributed by atoms with Crippen molar-refractivity contribution in [1.29, 1.82) is 0 Å². The summed E-state index contributed by atoms with van der Waals surface area (Å²) in [5, 5.41) is 2.71. The van der Waals surface area contributed by atoms with E-state index in [-0.39, 0.29) is 23.0 Å². The van der Waals surface area contributed by atoms with E-state index in [9.17, 15) is 13.2 Å². The number of carbonyl (C=O) groups is 1. The smallest absolute Gasteiger partial charge is 0.255 e. The van der Waals surface area contributed by atoms with Crippen molar-refractivity contribution in [2.24, 2.45) is 0 Å². The van der Waals surface area contributed by atoms with Gasteiger partial charge in [0.2, 0.25) is 10.0 Å². The number of anilines is 1. The quantitative estimate of drug-likeness (QED) is 0.622. The minimum Gasteiger partial charge on any atom is -0.495 e. The van der Waals surface area contributed by atoms with Crippen molar-refractivity contribution in [2.45, 2.75) is 18.4 Å². The summed E-state index contributed by atoms with van der Waals surface area (Å²) in [4.78, 5) is 12.5. The van der Waals surface area contributed by atoms with Gasteiger partial charge >= 0.3 is 0 Å². The third kappa shape index (κ3) is 5.22. The van der Waals surface area contributed by atoms with E-state index in [0.29, 0.717) is 11.3 Å². The summed E-state index contributed by atoms with van der Waals surface area (Å²) < 4.78 is 33.3. The number of hydrogen-bond acceptors (Lipinski definition) is 4. The minimum absolute atomic E-state index is 0.0359. The summed E-state index contributed by atoms with van der Waals surface area (Å²) in [5.74, 6) is 0.0119. The first-order chi connectivity index (χ1) is 13.9. The van der Waals surface area contributed by atoms with Crippen molar-refractivity contribution in [3.8, 4) is 5.75 Å². The van der Waals surface area contributed by atoms with Crippen LogP contribution in [0.2, 0.25) is 0 Å². The highest BCUT2D eigenvalue weighted by molar-refractivity contribution is 7.89. The summed E-state index contributed by atoms with van der Waals surface area (Å²) in [7, 11) is -2.32. The minimum atomic E-state index is -3.77. The van der Waals surface area contributed by atoms with Crippen LogP contribution >= 0.6 is 0 Å². The normalized spacial score (nSPS) is 11.1. The van der Waals surface area contributed by atoms with Gasteiger partial charge in [-0.2, -0.15) is 0 Å². The largest absolute Gasteiger partial charge is 0.495 e. The predicted octanol–water partition coefficient (Wildman–Crippen LogP) is 3.73. The van der Waals surface area contributed by atoms with Gasteiger partial charge in [-0.3, -0.25) is 4.79 Å². The van der Waals surface area contributed by atoms with E-state index in [4.69, 9.17) is 4.74 Å². The summed E-state index contributed by atoms with van der Waals surface area (Å²) in [6.45, 7) is 2.14. The molecule has 1 amide bonds. The third-order valence-corrected chi connectivity index (χ3v) is 5.75. The van der Waals surface area contributed by atoms with Crippen LogP contribution in [-0.4, -0.2) is 21.4 Å². The Hall–Kier alpha value is -3.16. The van der Waals surface area contributed by atoms with Gasteiger partial charge in [0, 0.05) is 12.1 Å². The van der Waals surface area contributed by atoms with Crippen LogP contribution in [0.4, 0.5) is 5.69 Å². The topological polar surface area (TPSA) is 84.5 Å². The van der Waals surface area contributed by atoms with E-state index >= 15 is 0 Å². The molecular weight excluding hydrogens is 388 g/mol. The first-order valence-electron chi connectivity index (χ1n) is 8.99. The van der Waals surface area contributed by atoms with Crippen molar-refractivity contribution >= 4 is 21.6 Å². The molecule has 3 rings (SSSR count). The second-order valence-corrected chi connectivity index (χ2v) is 8.26. The number of nitrogens with one attached hydrogen (secondary N) is 2. The van der Waals surface area contributed by atoms with Gasteiger partial charge in [0.1, 0.15) is 5.75 Å². The number of methoxy groups -OCH3 is 1. The van der Waals surface area contributed by atoms with Crippen molar-refractivity contribution in [2.75, 3.05) is 12.4 Å². The molecule has 0 unspecified atom stereocenters. The lowest BCUT2D eigenvalue weighted by Gasteiger charge is -2.13. The zero-order chi connectivity index (χ0) is 20.9. The number of aryl methyl sites for hydroxylation is 1. The van der Waals surface area contributed by atoms with Crippen LogP contribution in [0.1, 0.15) is 21.5 Å². The van der Waals surface area contributed by atoms with Gasteiger partial charge in [0.05, 0.1) is 17.7 Å². The molecule has 0 aliphatic heterocycles. The molecule has 0 saturated heterocycles. The first-order valence-corrected chi connectivity index (χ1v) is 10.5. The molecule has 3 aromatic rings. The molecule has 3 aromatic carbocycles. The fourth-order valence-corrected chi connectivity index (χ4v) is 3.75. The number of amides is 1. The van der Waals surface area contributed by atoms with E-state index in [1.54, 1.807) is 24.3 Å². The highest BCUT2D eigenvalue weighted by atomic mass is 32.2. The Morgan fingerprint density at radius 3 is 2.31 bits per heavy atom. The molecule has 0 aromatic heterocycles. The molecule has 7 heteroatoms. The Kier molecular flexibility index (Phi) is 6.31. The average molecular weight is 410 g/mol. The number of benzene rings is 3. The molecule has 2 N–H and O–H groups in total. The first kappa shape index (κ1) is 20.6. The van der Waals surface area contributed by atoms with Crippen molar-refractivity contribution in [3.63, 3.8) is 0 Å². The van der Waals surface area contributed by atoms with Gasteiger partial charge in [-0.25, -0.2) is 13.1 Å². The van der Waals surface area contributed by atoms with Crippen LogP contribution < -0.4 is 14.8 Å². The standard InChI is InChI=1S/C22H22N2O4S/c1-16-8-10-17(11-9-16)15-23-29(26,27)19-12-13-21(28-2)20(14-19)24-22(25)18-6-4-3-5-7-18/h3-14,23H,15H2,1-2H3,(H,24,25). The Morgan fingerprint density at radius 2 is 1.66 bits per heavy atom. The second-order valence-electron chi connectivity index (χ2n) is 6.49. The van der Waals surface area contributed by atoms with E-state index in [2.05, 4.69) is 10.0 Å². The third-order valence-electron chi connectivity index (χ3n) is 4.35. The highest BCUT2D eigenvalue weighted by Crippen LogP contribution is 2.28. The number of carbonyl (C=O) groups excluding carboxylic acids is 1. The van der Waals surface area contributed by atoms with Crippen molar-refractivity contribution < 1.29 is 17.9 Å². The Morgan fingerprint density at radius 1 is 0.966 bits per heavy atom. The van der Waals surface area contributed by atoms with Gasteiger partial charge in [-0.15, -0.1) is 0 Å². The van der Waals surface area contributed by atoms with E-state index < -0.39 is 10.0 Å². The van der Waals surface area contributed by atoms with Gasteiger partial charge in [-0.05, 0) is 42.8 Å². The monoisotopic (exact) mass is 410 g/mol. The lowest BCUT2D eigenvalue weighted by molar-refractivity contribution is 0.102. The maximum atomic E-state index is 12.7. The summed E-state index contributed by atoms with van der Waals surface area (Å²) in [6, 6.07) is 20.6. The molecule has 0 heterocycles. The van der Waals surface area contributed by atoms with Crippen molar-refractivity contribution in [3.05, 3.63) is 89.5 Å². The van der Waals surface area contributed by atoms with Crippen LogP contribution in [0.15, 0.2) is 77.7 Å². The molecule has 0 radical (unpaired) electrons. The van der Waals surface area contributed by atoms with Crippen LogP contribution in [0, 0.1) is 6.92 Å². The fraction of sp³-hybridized carbons (Fsp3) is 0.136. The molecule has 150 valence electrons. The summed E-state index contributed by atoms with van der Waals surface area (Å²) in [6.07, 6.45) is 0. The lowest BCUT2D eigenvalue weighted by Crippen LogP contribution is -2.23. The van der Waals surface area contributed by atoms with E-state index in [0.717, 1.165) is 11.1 Å². The fourth-order valence-electron chi connectivity index (χ4n) is 2.70. The molecular formula is C22H22N2O4S. The molecule has 0 saturated carbocycles.